The van der Waals surface area contributed by atoms with Gasteiger partial charge in [-0.25, -0.2) is 23.7 Å². The summed E-state index contributed by atoms with van der Waals surface area (Å²) in [5.74, 6) is -2.96. The quantitative estimate of drug-likeness (QED) is 0.115. The molecule has 0 radical (unpaired) electrons. The molecule has 0 spiro atoms. The molecule has 1 aliphatic carbocycles. The molecule has 21 heteroatoms. The summed E-state index contributed by atoms with van der Waals surface area (Å²) in [6, 6.07) is 4.64. The number of nitrogens with one attached hydrogen (secondary N) is 4. The number of ether oxygens (including phenoxy) is 2. The molecule has 18 nitrogen and oxygen atoms in total. The Morgan fingerprint density at radius 3 is 2.38 bits per heavy atom. The summed E-state index contributed by atoms with van der Waals surface area (Å²) >= 11 is 12.3. The van der Waals surface area contributed by atoms with Crippen molar-refractivity contribution in [2.75, 3.05) is 62.0 Å². The zero-order chi connectivity index (χ0) is 42.9. The third-order valence-corrected chi connectivity index (χ3v) is 12.1. The van der Waals surface area contributed by atoms with E-state index >= 15 is 4.39 Å². The summed E-state index contributed by atoms with van der Waals surface area (Å²) in [5, 5.41) is 16.1. The van der Waals surface area contributed by atoms with Gasteiger partial charge in [0.15, 0.2) is 10.8 Å². The number of urea groups is 1. The van der Waals surface area contributed by atoms with Crippen molar-refractivity contribution in [1.29, 1.82) is 0 Å². The SMILES string of the molecule is CO[C@@H](C)c1c(NC(=O)Nc2cc(Cl)cnc2OCCNC2CCC(N3CCN(c4cc5c(cc4F)C(=O)N(C4CCC(=O)NC4=O)C5=O)CC3)CC2)cnc2cc(Cl)nn12. The number of piperazine rings is 1. The first-order valence-corrected chi connectivity index (χ1v) is 20.8. The summed E-state index contributed by atoms with van der Waals surface area (Å²) in [6.07, 6.45) is 6.43. The van der Waals surface area contributed by atoms with E-state index in [9.17, 15) is 24.0 Å². The Balaban J connectivity index is 0.789. The molecular formula is C40H44Cl2FN11O7. The van der Waals surface area contributed by atoms with Crippen molar-refractivity contribution in [2.45, 2.75) is 69.7 Å². The Hall–Kier alpha value is -5.47. The molecule has 6 heterocycles. The number of aromatic nitrogens is 4. The number of hydrogen-bond donors (Lipinski definition) is 4. The second-order valence-corrected chi connectivity index (χ2v) is 16.2. The molecule has 322 valence electrons. The van der Waals surface area contributed by atoms with Gasteiger partial charge in [-0.05, 0) is 57.2 Å². The molecule has 3 aliphatic heterocycles. The molecule has 4 aromatic rings. The molecule has 4 N–H and O–H groups in total. The van der Waals surface area contributed by atoms with E-state index in [0.717, 1.165) is 36.6 Å². The molecule has 3 fully saturated rings. The van der Waals surface area contributed by atoms with Crippen LogP contribution in [0, 0.1) is 5.82 Å². The molecule has 0 bridgehead atoms. The van der Waals surface area contributed by atoms with Crippen molar-refractivity contribution in [3.63, 3.8) is 0 Å². The molecule has 4 aliphatic rings. The highest BCUT2D eigenvalue weighted by Gasteiger charge is 2.45. The van der Waals surface area contributed by atoms with Crippen LogP contribution in [-0.4, -0.2) is 124 Å². The van der Waals surface area contributed by atoms with Gasteiger partial charge in [0.2, 0.25) is 17.7 Å². The topological polar surface area (TPSA) is 205 Å². The lowest BCUT2D eigenvalue weighted by Crippen LogP contribution is -2.54. The Bertz CT molecular complexity index is 2390. The summed E-state index contributed by atoms with van der Waals surface area (Å²) < 4.78 is 28.5. The molecule has 2 saturated heterocycles. The number of methoxy groups -OCH3 is 1. The Labute approximate surface area is 359 Å². The first-order chi connectivity index (χ1) is 29.4. The summed E-state index contributed by atoms with van der Waals surface area (Å²) in [6.45, 7) is 5.16. The molecule has 8 rings (SSSR count). The molecule has 1 aromatic carbocycles. The van der Waals surface area contributed by atoms with Crippen LogP contribution in [0.3, 0.4) is 0 Å². The third kappa shape index (κ3) is 8.83. The number of hydrogen-bond acceptors (Lipinski definition) is 13. The zero-order valence-corrected chi connectivity index (χ0v) is 34.9. The van der Waals surface area contributed by atoms with Gasteiger partial charge in [-0.1, -0.05) is 23.2 Å². The lowest BCUT2D eigenvalue weighted by molar-refractivity contribution is -0.136. The molecule has 1 saturated carbocycles. The van der Waals surface area contributed by atoms with Gasteiger partial charge in [0.05, 0.1) is 45.5 Å². The van der Waals surface area contributed by atoms with Gasteiger partial charge in [-0.2, -0.15) is 5.10 Å². The van der Waals surface area contributed by atoms with Crippen molar-refractivity contribution < 1.29 is 37.8 Å². The standard InChI is InChI=1S/C40H44Cl2FN11O7/c1-21(60-2)35-29(20-45-33-18-32(42)50-54(33)35)48-40(59)47-28-15-22(41)19-46-37(28)61-14-9-44-23-3-5-24(6-4-23)51-10-12-52(13-11-51)31-17-26-25(16-27(31)43)38(57)53(39(26)58)30-7-8-34(55)49-36(30)56/h15-21,23-24,30,44H,3-14H2,1-2H3,(H2,47,48,59)(H,49,55,56)/t21-,23?,24?,30?/m0/s1. The Morgan fingerprint density at radius 1 is 0.934 bits per heavy atom. The second kappa shape index (κ2) is 17.9. The summed E-state index contributed by atoms with van der Waals surface area (Å²) in [7, 11) is 1.54. The normalized spacial score (nSPS) is 21.4. The van der Waals surface area contributed by atoms with E-state index in [4.69, 9.17) is 32.7 Å². The van der Waals surface area contributed by atoms with Gasteiger partial charge in [-0.3, -0.25) is 34.3 Å². The minimum atomic E-state index is -1.11. The number of carbonyl (C=O) groups excluding carboxylic acids is 5. The Morgan fingerprint density at radius 2 is 1.66 bits per heavy atom. The molecule has 6 amide bonds. The number of anilines is 3. The van der Waals surface area contributed by atoms with Gasteiger partial charge < -0.3 is 30.3 Å². The van der Waals surface area contributed by atoms with E-state index in [1.54, 1.807) is 19.2 Å². The maximum absolute atomic E-state index is 15.5. The van der Waals surface area contributed by atoms with E-state index in [1.807, 2.05) is 11.8 Å². The van der Waals surface area contributed by atoms with Crippen molar-refractivity contribution in [3.8, 4) is 5.88 Å². The maximum Gasteiger partial charge on any atom is 0.323 e. The van der Waals surface area contributed by atoms with E-state index in [2.05, 4.69) is 41.2 Å². The van der Waals surface area contributed by atoms with Crippen LogP contribution in [0.2, 0.25) is 10.2 Å². The minimum Gasteiger partial charge on any atom is -0.475 e. The lowest BCUT2D eigenvalue weighted by atomic mass is 9.89. The van der Waals surface area contributed by atoms with Crippen LogP contribution in [0.1, 0.15) is 78.0 Å². The van der Waals surface area contributed by atoms with Gasteiger partial charge in [0, 0.05) is 70.6 Å². The van der Waals surface area contributed by atoms with Crippen LogP contribution >= 0.6 is 23.2 Å². The predicted molar refractivity (Wildman–Crippen MR) is 222 cm³/mol. The second-order valence-electron chi connectivity index (χ2n) is 15.4. The van der Waals surface area contributed by atoms with Crippen molar-refractivity contribution in [2.24, 2.45) is 0 Å². The largest absolute Gasteiger partial charge is 0.475 e. The van der Waals surface area contributed by atoms with Crippen LogP contribution in [0.25, 0.3) is 5.65 Å². The summed E-state index contributed by atoms with van der Waals surface area (Å²) in [4.78, 5) is 77.5. The number of pyridine rings is 1. The average molecular weight is 881 g/mol. The molecular weight excluding hydrogens is 836 g/mol. The molecule has 3 aromatic heterocycles. The monoisotopic (exact) mass is 879 g/mol. The number of carbonyl (C=O) groups is 5. The van der Waals surface area contributed by atoms with Crippen LogP contribution in [-0.2, 0) is 14.3 Å². The third-order valence-electron chi connectivity index (χ3n) is 11.7. The molecule has 2 atom stereocenters. The van der Waals surface area contributed by atoms with Crippen molar-refractivity contribution in [3.05, 3.63) is 69.5 Å². The van der Waals surface area contributed by atoms with Crippen LogP contribution in [0.15, 0.2) is 36.7 Å². The minimum absolute atomic E-state index is 0.00726. The Kier molecular flexibility index (Phi) is 12.4. The van der Waals surface area contributed by atoms with Gasteiger partial charge >= 0.3 is 6.03 Å². The van der Waals surface area contributed by atoms with Crippen LogP contribution in [0.4, 0.5) is 26.2 Å². The maximum atomic E-state index is 15.5. The number of piperidine rings is 1. The van der Waals surface area contributed by atoms with E-state index in [-0.39, 0.29) is 53.0 Å². The van der Waals surface area contributed by atoms with Gasteiger partial charge in [-0.15, -0.1) is 0 Å². The first-order valence-electron chi connectivity index (χ1n) is 20.1. The highest BCUT2D eigenvalue weighted by atomic mass is 35.5. The van der Waals surface area contributed by atoms with Gasteiger partial charge in [0.1, 0.15) is 24.2 Å². The predicted octanol–water partition coefficient (Wildman–Crippen LogP) is 4.42. The zero-order valence-electron chi connectivity index (χ0n) is 33.4. The number of amides is 6. The van der Waals surface area contributed by atoms with Gasteiger partial charge in [0.25, 0.3) is 11.8 Å². The fourth-order valence-electron chi connectivity index (χ4n) is 8.53. The highest BCUT2D eigenvalue weighted by Crippen LogP contribution is 2.34. The fourth-order valence-corrected chi connectivity index (χ4v) is 8.87. The van der Waals surface area contributed by atoms with E-state index in [0.29, 0.717) is 66.9 Å². The van der Waals surface area contributed by atoms with E-state index < -0.39 is 47.6 Å². The fraction of sp³-hybridized carbons (Fsp3) is 0.450. The molecule has 1 unspecified atom stereocenters. The highest BCUT2D eigenvalue weighted by molar-refractivity contribution is 6.31. The smallest absolute Gasteiger partial charge is 0.323 e. The molecule has 61 heavy (non-hydrogen) atoms. The lowest BCUT2D eigenvalue weighted by Gasteiger charge is -2.42. The number of fused-ring (bicyclic) bond motifs is 2. The number of imide groups is 2. The summed E-state index contributed by atoms with van der Waals surface area (Å²) in [5.41, 5.74) is 1.92. The van der Waals surface area contributed by atoms with Crippen LogP contribution in [0.5, 0.6) is 5.88 Å². The van der Waals surface area contributed by atoms with Crippen molar-refractivity contribution >= 4 is 75.6 Å². The number of nitrogens with zero attached hydrogens (tertiary/aromatic N) is 7. The van der Waals surface area contributed by atoms with Crippen molar-refractivity contribution in [1.82, 2.24) is 40.0 Å². The number of rotatable bonds is 12. The average Bonchev–Trinajstić information content (AvgIpc) is 3.74. The number of halogens is 3. The number of benzene rings is 1. The first kappa shape index (κ1) is 42.2. The van der Waals surface area contributed by atoms with Crippen LogP contribution < -0.4 is 30.9 Å². The van der Waals surface area contributed by atoms with E-state index in [1.165, 1.54) is 23.0 Å².